The zero-order chi connectivity index (χ0) is 32.1. The fourth-order valence-electron chi connectivity index (χ4n) is 5.40. The van der Waals surface area contributed by atoms with Gasteiger partial charge in [0.1, 0.15) is 22.9 Å². The van der Waals surface area contributed by atoms with E-state index in [1.54, 1.807) is 48.7 Å². The van der Waals surface area contributed by atoms with Crippen molar-refractivity contribution in [3.63, 3.8) is 0 Å². The Bertz CT molecular complexity index is 1490. The number of carbonyl (C=O) groups is 2. The van der Waals surface area contributed by atoms with E-state index < -0.39 is 28.9 Å². The third kappa shape index (κ3) is 8.64. The van der Waals surface area contributed by atoms with Crippen molar-refractivity contribution in [1.29, 1.82) is 0 Å². The van der Waals surface area contributed by atoms with Crippen LogP contribution in [0, 0.1) is 11.7 Å². The summed E-state index contributed by atoms with van der Waals surface area (Å²) in [5.74, 6) is -0.719. The molecule has 1 heterocycles. The molecule has 1 saturated heterocycles. The second-order valence-corrected chi connectivity index (χ2v) is 14.3. The number of hydrogen-bond acceptors (Lipinski definition) is 4. The molecule has 7 nitrogen and oxygen atoms in total. The number of carbonyl (C=O) groups excluding carboxylic acids is 2. The van der Waals surface area contributed by atoms with Crippen molar-refractivity contribution >= 4 is 51.7 Å². The summed E-state index contributed by atoms with van der Waals surface area (Å²) in [4.78, 5) is 29.8. The number of ether oxygens (including phenoxy) is 1. The molecule has 3 fully saturated rings. The highest BCUT2D eigenvalue weighted by Gasteiger charge is 2.48. The van der Waals surface area contributed by atoms with Gasteiger partial charge in [-0.3, -0.25) is 13.9 Å². The van der Waals surface area contributed by atoms with Gasteiger partial charge in [0.15, 0.2) is 0 Å². The Balaban J connectivity index is 0.000000505. The van der Waals surface area contributed by atoms with Crippen LogP contribution in [-0.4, -0.2) is 70.5 Å². The van der Waals surface area contributed by atoms with Gasteiger partial charge >= 0.3 is 0 Å². The number of rotatable bonds is 10. The zero-order valence-electron chi connectivity index (χ0n) is 25.4. The van der Waals surface area contributed by atoms with E-state index in [-0.39, 0.29) is 54.3 Å². The maximum atomic E-state index is 15.0. The van der Waals surface area contributed by atoms with E-state index in [2.05, 4.69) is 0 Å². The van der Waals surface area contributed by atoms with Gasteiger partial charge in [-0.25, -0.2) is 8.60 Å². The number of para-hydroxylation sites is 1. The van der Waals surface area contributed by atoms with Crippen LogP contribution in [0.3, 0.4) is 0 Å². The number of amides is 2. The molecule has 1 aliphatic heterocycles. The minimum atomic E-state index is -1.42. The van der Waals surface area contributed by atoms with Gasteiger partial charge in [-0.1, -0.05) is 65.7 Å². The Labute approximate surface area is 276 Å². The average molecular weight is 675 g/mol. The number of benzene rings is 3. The van der Waals surface area contributed by atoms with Crippen molar-refractivity contribution < 1.29 is 22.9 Å². The zero-order valence-corrected chi connectivity index (χ0v) is 27.7. The van der Waals surface area contributed by atoms with Crippen LogP contribution in [0.15, 0.2) is 78.9 Å². The molecular weight excluding hydrogens is 636 g/mol. The van der Waals surface area contributed by atoms with E-state index in [9.17, 15) is 18.2 Å². The summed E-state index contributed by atoms with van der Waals surface area (Å²) in [5, 5.41) is 1.37. The number of halogens is 3. The molecule has 3 aromatic rings. The maximum Gasteiger partial charge on any atom is 0.253 e. The van der Waals surface area contributed by atoms with Crippen LogP contribution in [-0.2, 0) is 25.3 Å². The lowest BCUT2D eigenvalue weighted by atomic mass is 9.97. The van der Waals surface area contributed by atoms with Crippen molar-refractivity contribution in [1.82, 2.24) is 9.80 Å². The topological polar surface area (TPSA) is 70.2 Å². The van der Waals surface area contributed by atoms with Crippen molar-refractivity contribution in [2.75, 3.05) is 31.6 Å². The first-order valence-corrected chi connectivity index (χ1v) is 17.1. The molecule has 0 spiro atoms. The SMILES string of the molecule is CN(C)C(=O)CC1OCC(c2ccc(Cl)cc2)N(C(CN(c2ccccc2F)S(=O)C2CC2)C2CC2)C1=O.Clc1ccccc1. The molecule has 3 aromatic carbocycles. The molecule has 0 radical (unpaired) electrons. The summed E-state index contributed by atoms with van der Waals surface area (Å²) >= 11 is 11.7. The molecule has 11 heteroatoms. The second-order valence-electron chi connectivity index (χ2n) is 11.8. The third-order valence-electron chi connectivity index (χ3n) is 8.19. The fourth-order valence-corrected chi connectivity index (χ4v) is 7.22. The van der Waals surface area contributed by atoms with Gasteiger partial charge in [-0.2, -0.15) is 0 Å². The lowest BCUT2D eigenvalue weighted by Gasteiger charge is -2.45. The summed E-state index contributed by atoms with van der Waals surface area (Å²) < 4.78 is 36.2. The van der Waals surface area contributed by atoms with Gasteiger partial charge in [0.2, 0.25) is 5.91 Å². The van der Waals surface area contributed by atoms with E-state index in [4.69, 9.17) is 27.9 Å². The lowest BCUT2D eigenvalue weighted by Crippen LogP contribution is -2.58. The molecule has 3 aliphatic rings. The van der Waals surface area contributed by atoms with Crippen LogP contribution in [0.4, 0.5) is 10.1 Å². The lowest BCUT2D eigenvalue weighted by molar-refractivity contribution is -0.167. The third-order valence-corrected chi connectivity index (χ3v) is 10.5. The quantitative estimate of drug-likeness (QED) is 0.241. The van der Waals surface area contributed by atoms with Gasteiger partial charge in [-0.05, 0) is 73.6 Å². The molecule has 0 N–H and O–H groups in total. The van der Waals surface area contributed by atoms with E-state index in [1.165, 1.54) is 11.0 Å². The summed E-state index contributed by atoms with van der Waals surface area (Å²) in [7, 11) is 1.88. The largest absolute Gasteiger partial charge is 0.365 e. The van der Waals surface area contributed by atoms with Crippen molar-refractivity contribution in [2.24, 2.45) is 5.92 Å². The van der Waals surface area contributed by atoms with Gasteiger partial charge in [0.25, 0.3) is 5.91 Å². The molecule has 4 atom stereocenters. The molecule has 2 saturated carbocycles. The summed E-state index contributed by atoms with van der Waals surface area (Å²) in [6.45, 7) is 0.451. The first-order chi connectivity index (χ1) is 21.6. The smallest absolute Gasteiger partial charge is 0.253 e. The molecule has 0 bridgehead atoms. The first kappa shape index (κ1) is 33.4. The Hall–Kier alpha value is -2.98. The Morgan fingerprint density at radius 2 is 1.58 bits per heavy atom. The first-order valence-electron chi connectivity index (χ1n) is 15.2. The average Bonchev–Trinajstić information content (AvgIpc) is 3.95. The van der Waals surface area contributed by atoms with E-state index >= 15 is 0 Å². The highest BCUT2D eigenvalue weighted by atomic mass is 35.5. The van der Waals surface area contributed by atoms with Gasteiger partial charge in [0.05, 0.1) is 42.6 Å². The normalized spacial score (nSPS) is 20.9. The van der Waals surface area contributed by atoms with Crippen molar-refractivity contribution in [3.05, 3.63) is 100 Å². The standard InChI is InChI=1S/C28H33ClFN3O4S.C6H5Cl/c1-31(2)27(34)15-26-28(35)33(25(17-37-26)19-9-11-20(29)12-10-19)24(18-7-8-18)16-32(38(36)21-13-14-21)23-6-4-3-5-22(23)30;7-6-4-2-1-3-5-6/h3-6,9-12,18,21,24-26H,7-8,13-17H2,1-2H3;1-5H. The second kappa shape index (κ2) is 15.1. The Kier molecular flexibility index (Phi) is 11.2. The number of nitrogens with zero attached hydrogens (tertiary/aromatic N) is 3. The predicted molar refractivity (Wildman–Crippen MR) is 177 cm³/mol. The van der Waals surface area contributed by atoms with Gasteiger partial charge in [-0.15, -0.1) is 0 Å². The highest BCUT2D eigenvalue weighted by Crippen LogP contribution is 2.43. The molecule has 6 rings (SSSR count). The van der Waals surface area contributed by atoms with Crippen LogP contribution in [0.1, 0.15) is 43.7 Å². The van der Waals surface area contributed by atoms with Gasteiger partial charge < -0.3 is 14.5 Å². The fraction of sp³-hybridized carbons (Fsp3) is 0.412. The number of hydrogen-bond donors (Lipinski definition) is 0. The van der Waals surface area contributed by atoms with E-state index in [0.717, 1.165) is 36.3 Å². The van der Waals surface area contributed by atoms with Crippen LogP contribution >= 0.6 is 23.2 Å². The van der Waals surface area contributed by atoms with E-state index in [0.29, 0.717) is 5.02 Å². The maximum absolute atomic E-state index is 15.0. The molecule has 4 unspecified atom stereocenters. The molecule has 0 aromatic heterocycles. The predicted octanol–water partition coefficient (Wildman–Crippen LogP) is 6.68. The summed E-state index contributed by atoms with van der Waals surface area (Å²) in [5.41, 5.74) is 1.15. The molecule has 240 valence electrons. The Morgan fingerprint density at radius 3 is 2.13 bits per heavy atom. The van der Waals surface area contributed by atoms with Crippen LogP contribution in [0.5, 0.6) is 0 Å². The molecule has 2 aliphatic carbocycles. The minimum absolute atomic E-state index is 0.00706. The van der Waals surface area contributed by atoms with Crippen molar-refractivity contribution in [2.45, 2.75) is 55.5 Å². The van der Waals surface area contributed by atoms with Crippen LogP contribution in [0.25, 0.3) is 0 Å². The highest BCUT2D eigenvalue weighted by molar-refractivity contribution is 7.87. The number of morpholine rings is 1. The monoisotopic (exact) mass is 673 g/mol. The molecular formula is C34H38Cl2FN3O4S. The molecule has 45 heavy (non-hydrogen) atoms. The van der Waals surface area contributed by atoms with Crippen LogP contribution in [0.2, 0.25) is 10.0 Å². The summed E-state index contributed by atoms with van der Waals surface area (Å²) in [6.07, 6.45) is 2.55. The van der Waals surface area contributed by atoms with Crippen molar-refractivity contribution in [3.8, 4) is 0 Å². The minimum Gasteiger partial charge on any atom is -0.365 e. The summed E-state index contributed by atoms with van der Waals surface area (Å²) in [6, 6.07) is 22.4. The van der Waals surface area contributed by atoms with E-state index in [1.807, 2.05) is 47.4 Å². The van der Waals surface area contributed by atoms with Gasteiger partial charge in [0, 0.05) is 24.1 Å². The number of anilines is 1. The Morgan fingerprint density at radius 1 is 0.956 bits per heavy atom. The van der Waals surface area contributed by atoms with Crippen LogP contribution < -0.4 is 4.31 Å². The molecule has 2 amide bonds.